The van der Waals surface area contributed by atoms with E-state index in [2.05, 4.69) is 5.32 Å². The first-order chi connectivity index (χ1) is 17.6. The van der Waals surface area contributed by atoms with Crippen molar-refractivity contribution >= 4 is 23.5 Å². The van der Waals surface area contributed by atoms with Gasteiger partial charge in [-0.05, 0) is 55.5 Å². The van der Waals surface area contributed by atoms with Gasteiger partial charge in [-0.15, -0.1) is 0 Å². The van der Waals surface area contributed by atoms with Gasteiger partial charge in [0.1, 0.15) is 16.5 Å². The third-order valence-corrected chi connectivity index (χ3v) is 6.44. The molecular formula is C28H24N4O3S. The summed E-state index contributed by atoms with van der Waals surface area (Å²) in [4.78, 5) is 18.5. The third-order valence-electron chi connectivity index (χ3n) is 5.51. The normalized spacial score (nSPS) is 10.8. The molecule has 3 aromatic carbocycles. The number of rotatable bonds is 7. The Balaban J connectivity index is 1.43. The number of ether oxygens (including phenoxy) is 2. The second-order valence-electron chi connectivity index (χ2n) is 8.05. The van der Waals surface area contributed by atoms with Crippen LogP contribution in [0.1, 0.15) is 11.3 Å². The fourth-order valence-corrected chi connectivity index (χ4v) is 4.46. The number of amides is 1. The number of carbonyl (C=O) groups excluding carboxylic acids is 1. The van der Waals surface area contributed by atoms with E-state index in [1.165, 1.54) is 0 Å². The number of methoxy groups -OCH3 is 1. The molecule has 0 radical (unpaired) electrons. The van der Waals surface area contributed by atoms with Crippen molar-refractivity contribution < 1.29 is 14.3 Å². The van der Waals surface area contributed by atoms with E-state index < -0.39 is 6.09 Å². The Kier molecular flexibility index (Phi) is 6.86. The lowest BCUT2D eigenvalue weighted by Crippen LogP contribution is -2.27. The molecule has 0 bridgehead atoms. The average molecular weight is 497 g/mol. The Bertz CT molecular complexity index is 1480. The molecule has 0 unspecified atom stereocenters. The molecule has 7 nitrogen and oxygen atoms in total. The first-order valence-electron chi connectivity index (χ1n) is 11.4. The van der Waals surface area contributed by atoms with E-state index in [1.54, 1.807) is 47.7 Å². The largest absolute Gasteiger partial charge is 0.497 e. The van der Waals surface area contributed by atoms with Crippen molar-refractivity contribution in [1.29, 1.82) is 0 Å². The Morgan fingerprint density at radius 3 is 2.36 bits per heavy atom. The number of nitrogens with zero attached hydrogens (tertiary/aromatic N) is 3. The summed E-state index contributed by atoms with van der Waals surface area (Å²) in [5, 5.41) is 8.49. The predicted molar refractivity (Wildman–Crippen MR) is 140 cm³/mol. The molecule has 0 aliphatic carbocycles. The Labute approximate surface area is 213 Å². The van der Waals surface area contributed by atoms with Crippen molar-refractivity contribution in [2.75, 3.05) is 7.11 Å². The van der Waals surface area contributed by atoms with Crippen LogP contribution >= 0.6 is 11.8 Å². The van der Waals surface area contributed by atoms with Crippen LogP contribution in [0.2, 0.25) is 0 Å². The summed E-state index contributed by atoms with van der Waals surface area (Å²) in [5.74, 6) is 1.11. The van der Waals surface area contributed by atoms with Crippen molar-refractivity contribution in [3.8, 4) is 22.8 Å². The van der Waals surface area contributed by atoms with E-state index in [0.29, 0.717) is 17.1 Å². The van der Waals surface area contributed by atoms with Gasteiger partial charge in [-0.25, -0.2) is 14.3 Å². The number of benzene rings is 3. The summed E-state index contributed by atoms with van der Waals surface area (Å²) < 4.78 is 12.4. The van der Waals surface area contributed by atoms with Crippen molar-refractivity contribution in [2.45, 2.75) is 23.4 Å². The van der Waals surface area contributed by atoms with Gasteiger partial charge in [-0.1, -0.05) is 59.8 Å². The quantitative estimate of drug-likeness (QED) is 0.291. The van der Waals surface area contributed by atoms with Gasteiger partial charge in [0.05, 0.1) is 25.0 Å². The summed E-state index contributed by atoms with van der Waals surface area (Å²) >= 11 is 1.57. The Morgan fingerprint density at radius 1 is 0.917 bits per heavy atom. The highest BCUT2D eigenvalue weighted by molar-refractivity contribution is 7.99. The molecule has 2 heterocycles. The Morgan fingerprint density at radius 2 is 1.64 bits per heavy atom. The number of hydrogen-bond donors (Lipinski definition) is 1. The maximum atomic E-state index is 12.6. The van der Waals surface area contributed by atoms with Gasteiger partial charge in [0.25, 0.3) is 0 Å². The van der Waals surface area contributed by atoms with Crippen LogP contribution in [0.15, 0.2) is 101 Å². The van der Waals surface area contributed by atoms with Gasteiger partial charge < -0.3 is 14.8 Å². The number of aromatic nitrogens is 3. The minimum absolute atomic E-state index is 0.186. The molecule has 0 aliphatic heterocycles. The molecule has 0 fully saturated rings. The molecule has 1 N–H and O–H groups in total. The highest BCUT2D eigenvalue weighted by Gasteiger charge is 2.17. The fraction of sp³-hybridized carbons (Fsp3) is 0.107. The van der Waals surface area contributed by atoms with E-state index in [1.807, 2.05) is 73.7 Å². The molecule has 5 aromatic rings. The van der Waals surface area contributed by atoms with Gasteiger partial charge in [-0.3, -0.25) is 0 Å². The van der Waals surface area contributed by atoms with E-state index in [4.69, 9.17) is 19.6 Å². The summed E-state index contributed by atoms with van der Waals surface area (Å²) in [6.07, 6.45) is -0.570. The van der Waals surface area contributed by atoms with E-state index in [0.717, 1.165) is 32.4 Å². The maximum Gasteiger partial charge on any atom is 0.412 e. The summed E-state index contributed by atoms with van der Waals surface area (Å²) in [6.45, 7) is 2.23. The van der Waals surface area contributed by atoms with Crippen LogP contribution in [-0.4, -0.2) is 27.8 Å². The molecule has 0 spiro atoms. The van der Waals surface area contributed by atoms with Crippen molar-refractivity contribution in [2.24, 2.45) is 0 Å². The minimum Gasteiger partial charge on any atom is -0.497 e. The zero-order valence-corrected chi connectivity index (χ0v) is 20.7. The molecule has 0 atom stereocenters. The predicted octanol–water partition coefficient (Wildman–Crippen LogP) is 6.15. The van der Waals surface area contributed by atoms with Crippen molar-refractivity contribution in [3.05, 3.63) is 102 Å². The van der Waals surface area contributed by atoms with Crippen LogP contribution in [0.5, 0.6) is 11.5 Å². The zero-order chi connectivity index (χ0) is 24.9. The van der Waals surface area contributed by atoms with Crippen LogP contribution in [0, 0.1) is 6.92 Å². The number of imidazole rings is 1. The molecule has 36 heavy (non-hydrogen) atoms. The monoisotopic (exact) mass is 496 g/mol. The number of hydrogen-bond acceptors (Lipinski definition) is 6. The van der Waals surface area contributed by atoms with Crippen molar-refractivity contribution in [1.82, 2.24) is 19.9 Å². The fourth-order valence-electron chi connectivity index (χ4n) is 3.67. The number of nitrogens with one attached hydrogen (secondary N) is 1. The van der Waals surface area contributed by atoms with E-state index in [9.17, 15) is 4.79 Å². The molecular weight excluding hydrogens is 472 g/mol. The first-order valence-corrected chi connectivity index (χ1v) is 12.2. The second-order valence-corrected chi connectivity index (χ2v) is 9.14. The molecule has 1 amide bonds. The average Bonchev–Trinajstić information content (AvgIpc) is 3.26. The topological polar surface area (TPSA) is 77.8 Å². The second kappa shape index (κ2) is 10.5. The standard InChI is InChI=1S/C28H24N4O3S/c1-19-8-10-20(11-9-19)27-24(18-29-28(33)35-22-14-12-21(34-2)13-15-22)32-25(30-27)16-17-26(31-32)36-23-6-4-3-5-7-23/h3-17H,18H2,1-2H3,(H,29,33). The third kappa shape index (κ3) is 5.34. The lowest BCUT2D eigenvalue weighted by molar-refractivity contribution is 0.199. The van der Waals surface area contributed by atoms with Gasteiger partial charge in [0.15, 0.2) is 5.65 Å². The smallest absolute Gasteiger partial charge is 0.412 e. The first kappa shape index (κ1) is 23.4. The molecule has 5 rings (SSSR count). The van der Waals surface area contributed by atoms with Crippen LogP contribution in [0.25, 0.3) is 16.9 Å². The van der Waals surface area contributed by atoms with Crippen LogP contribution in [0.3, 0.4) is 0 Å². The summed E-state index contributed by atoms with van der Waals surface area (Å²) in [7, 11) is 1.59. The van der Waals surface area contributed by atoms with Crippen LogP contribution in [0.4, 0.5) is 4.79 Å². The highest BCUT2D eigenvalue weighted by Crippen LogP contribution is 2.29. The lowest BCUT2D eigenvalue weighted by Gasteiger charge is -2.09. The van der Waals surface area contributed by atoms with E-state index in [-0.39, 0.29) is 6.54 Å². The van der Waals surface area contributed by atoms with Crippen LogP contribution in [-0.2, 0) is 6.54 Å². The molecule has 0 saturated carbocycles. The lowest BCUT2D eigenvalue weighted by atomic mass is 10.1. The molecule has 180 valence electrons. The maximum absolute atomic E-state index is 12.6. The molecule has 8 heteroatoms. The molecule has 0 saturated heterocycles. The minimum atomic E-state index is -0.570. The number of fused-ring (bicyclic) bond motifs is 1. The van der Waals surface area contributed by atoms with Gasteiger partial charge in [-0.2, -0.15) is 5.10 Å². The van der Waals surface area contributed by atoms with Gasteiger partial charge in [0, 0.05) is 10.5 Å². The summed E-state index contributed by atoms with van der Waals surface area (Å²) in [6, 6.07) is 28.9. The SMILES string of the molecule is COc1ccc(OC(=O)NCc2c(-c3ccc(C)cc3)nc3ccc(Sc4ccccc4)nn23)cc1. The van der Waals surface area contributed by atoms with E-state index >= 15 is 0 Å². The molecule has 2 aromatic heterocycles. The summed E-state index contributed by atoms with van der Waals surface area (Å²) in [5.41, 5.74) is 4.32. The molecule has 0 aliphatic rings. The van der Waals surface area contributed by atoms with Crippen molar-refractivity contribution in [3.63, 3.8) is 0 Å². The number of aryl methyl sites for hydroxylation is 1. The van der Waals surface area contributed by atoms with Gasteiger partial charge >= 0.3 is 6.09 Å². The highest BCUT2D eigenvalue weighted by atomic mass is 32.2. The zero-order valence-electron chi connectivity index (χ0n) is 19.8. The Hall–Kier alpha value is -4.30. The van der Waals surface area contributed by atoms with Crippen LogP contribution < -0.4 is 14.8 Å². The number of carbonyl (C=O) groups is 1. The van der Waals surface area contributed by atoms with Gasteiger partial charge in [0.2, 0.25) is 0 Å².